The first-order valence-corrected chi connectivity index (χ1v) is 8.02. The molecule has 4 heteroatoms. The lowest BCUT2D eigenvalue weighted by atomic mass is 10.1. The number of rotatable bonds is 3. The van der Waals surface area contributed by atoms with Crippen molar-refractivity contribution in [2.75, 3.05) is 5.73 Å². The molecule has 25 heavy (non-hydrogen) atoms. The van der Waals surface area contributed by atoms with E-state index < -0.39 is 0 Å². The number of azo groups is 1. The average molecular weight is 324 g/mol. The van der Waals surface area contributed by atoms with Gasteiger partial charge in [-0.3, -0.25) is 4.98 Å². The maximum atomic E-state index is 6.21. The number of hydrogen-bond acceptors (Lipinski definition) is 4. The van der Waals surface area contributed by atoms with E-state index in [0.717, 1.165) is 22.0 Å². The predicted molar refractivity (Wildman–Crippen MR) is 102 cm³/mol. The SMILES string of the molecule is Nc1c(N=Nc2ccc(-c3ccccc3)nc2)ccc2ccccc12. The van der Waals surface area contributed by atoms with Crippen LogP contribution in [-0.2, 0) is 0 Å². The normalized spacial score (nSPS) is 11.2. The van der Waals surface area contributed by atoms with E-state index in [2.05, 4.69) is 15.2 Å². The molecule has 0 fully saturated rings. The zero-order valence-electron chi connectivity index (χ0n) is 13.5. The molecule has 0 bridgehead atoms. The first-order chi connectivity index (χ1) is 12.3. The molecule has 1 heterocycles. The van der Waals surface area contributed by atoms with Crippen molar-refractivity contribution in [3.05, 3.63) is 85.1 Å². The van der Waals surface area contributed by atoms with E-state index in [1.807, 2.05) is 78.9 Å². The molecule has 0 saturated carbocycles. The fraction of sp³-hybridized carbons (Fsp3) is 0. The Morgan fingerprint density at radius 2 is 1.52 bits per heavy atom. The Kier molecular flexibility index (Phi) is 3.92. The third kappa shape index (κ3) is 3.10. The highest BCUT2D eigenvalue weighted by atomic mass is 15.1. The van der Waals surface area contributed by atoms with Gasteiger partial charge in [0.2, 0.25) is 0 Å². The smallest absolute Gasteiger partial charge is 0.109 e. The Bertz CT molecular complexity index is 1040. The van der Waals surface area contributed by atoms with Crippen LogP contribution in [0.1, 0.15) is 0 Å². The molecule has 0 amide bonds. The van der Waals surface area contributed by atoms with Crippen molar-refractivity contribution in [3.63, 3.8) is 0 Å². The van der Waals surface area contributed by atoms with Crippen LogP contribution in [0.2, 0.25) is 0 Å². The second-order valence-electron chi connectivity index (χ2n) is 5.69. The third-order valence-corrected chi connectivity index (χ3v) is 4.04. The summed E-state index contributed by atoms with van der Waals surface area (Å²) >= 11 is 0. The molecular weight excluding hydrogens is 308 g/mol. The molecule has 1 aromatic heterocycles. The fourth-order valence-corrected chi connectivity index (χ4v) is 2.71. The molecule has 0 radical (unpaired) electrons. The standard InChI is InChI=1S/C21H16N4/c22-21-18-9-5-4-6-15(18)10-12-20(21)25-24-17-11-13-19(23-14-17)16-7-2-1-3-8-16/h1-14H,22H2. The Morgan fingerprint density at radius 3 is 2.32 bits per heavy atom. The lowest BCUT2D eigenvalue weighted by Gasteiger charge is -2.04. The van der Waals surface area contributed by atoms with Gasteiger partial charge in [-0.05, 0) is 23.6 Å². The molecule has 4 rings (SSSR count). The molecule has 0 aliphatic heterocycles. The minimum Gasteiger partial charge on any atom is -0.396 e. The average Bonchev–Trinajstić information content (AvgIpc) is 2.69. The summed E-state index contributed by atoms with van der Waals surface area (Å²) in [4.78, 5) is 4.45. The minimum absolute atomic E-state index is 0.635. The van der Waals surface area contributed by atoms with Gasteiger partial charge in [-0.15, -0.1) is 10.2 Å². The molecule has 0 unspecified atom stereocenters. The number of aromatic nitrogens is 1. The van der Waals surface area contributed by atoms with E-state index in [0.29, 0.717) is 17.1 Å². The first-order valence-electron chi connectivity index (χ1n) is 8.02. The topological polar surface area (TPSA) is 63.6 Å². The van der Waals surface area contributed by atoms with E-state index in [9.17, 15) is 0 Å². The van der Waals surface area contributed by atoms with E-state index in [1.54, 1.807) is 6.20 Å². The molecule has 0 saturated heterocycles. The summed E-state index contributed by atoms with van der Waals surface area (Å²) in [6, 6.07) is 25.7. The van der Waals surface area contributed by atoms with Crippen LogP contribution in [0.3, 0.4) is 0 Å². The van der Waals surface area contributed by atoms with Gasteiger partial charge in [0.25, 0.3) is 0 Å². The van der Waals surface area contributed by atoms with Gasteiger partial charge >= 0.3 is 0 Å². The highest BCUT2D eigenvalue weighted by Crippen LogP contribution is 2.31. The molecule has 0 atom stereocenters. The predicted octanol–water partition coefficient (Wildman–Crippen LogP) is 5.90. The first kappa shape index (κ1) is 15.0. The van der Waals surface area contributed by atoms with Gasteiger partial charge in [0, 0.05) is 10.9 Å². The number of nitrogens with zero attached hydrogens (tertiary/aromatic N) is 3. The Labute approximate surface area is 145 Å². The number of nitrogens with two attached hydrogens (primary N) is 1. The van der Waals surface area contributed by atoms with E-state index in [1.165, 1.54) is 0 Å². The number of benzene rings is 3. The summed E-state index contributed by atoms with van der Waals surface area (Å²) in [6.07, 6.45) is 1.71. The summed E-state index contributed by atoms with van der Waals surface area (Å²) in [7, 11) is 0. The molecule has 120 valence electrons. The highest BCUT2D eigenvalue weighted by molar-refractivity contribution is 5.97. The van der Waals surface area contributed by atoms with Crippen LogP contribution in [0.25, 0.3) is 22.0 Å². The molecule has 4 nitrogen and oxygen atoms in total. The summed E-state index contributed by atoms with van der Waals surface area (Å²) in [5.74, 6) is 0. The van der Waals surface area contributed by atoms with Gasteiger partial charge in [-0.25, -0.2) is 0 Å². The molecule has 0 aliphatic carbocycles. The number of hydrogen-bond donors (Lipinski definition) is 1. The Morgan fingerprint density at radius 1 is 0.720 bits per heavy atom. The van der Waals surface area contributed by atoms with Gasteiger partial charge < -0.3 is 5.73 Å². The van der Waals surface area contributed by atoms with Crippen LogP contribution in [-0.4, -0.2) is 4.98 Å². The van der Waals surface area contributed by atoms with Crippen LogP contribution < -0.4 is 5.73 Å². The zero-order chi connectivity index (χ0) is 17.1. The Hall–Kier alpha value is -3.53. The lowest BCUT2D eigenvalue weighted by Crippen LogP contribution is -1.87. The van der Waals surface area contributed by atoms with Gasteiger partial charge in [-0.1, -0.05) is 60.7 Å². The maximum absolute atomic E-state index is 6.21. The maximum Gasteiger partial charge on any atom is 0.109 e. The van der Waals surface area contributed by atoms with Crippen molar-refractivity contribution >= 4 is 27.8 Å². The van der Waals surface area contributed by atoms with Crippen LogP contribution in [0.4, 0.5) is 17.1 Å². The lowest BCUT2D eigenvalue weighted by molar-refractivity contribution is 1.20. The summed E-state index contributed by atoms with van der Waals surface area (Å²) in [5.41, 5.74) is 10.2. The van der Waals surface area contributed by atoms with Gasteiger partial charge in [0.15, 0.2) is 0 Å². The number of pyridine rings is 1. The molecular formula is C21H16N4. The molecule has 0 aliphatic rings. The van der Waals surface area contributed by atoms with Crippen molar-refractivity contribution in [2.45, 2.75) is 0 Å². The molecule has 0 spiro atoms. The number of nitrogen functional groups attached to an aromatic ring is 1. The number of anilines is 1. The monoisotopic (exact) mass is 324 g/mol. The van der Waals surface area contributed by atoms with Crippen molar-refractivity contribution in [2.24, 2.45) is 10.2 Å². The van der Waals surface area contributed by atoms with Gasteiger partial charge in [0.05, 0.1) is 17.6 Å². The molecule has 3 aromatic carbocycles. The second kappa shape index (κ2) is 6.53. The van der Waals surface area contributed by atoms with Crippen LogP contribution in [0.5, 0.6) is 0 Å². The minimum atomic E-state index is 0.635. The third-order valence-electron chi connectivity index (χ3n) is 4.04. The summed E-state index contributed by atoms with van der Waals surface area (Å²) < 4.78 is 0. The highest BCUT2D eigenvalue weighted by Gasteiger charge is 2.03. The quantitative estimate of drug-likeness (QED) is 0.376. The largest absolute Gasteiger partial charge is 0.396 e. The van der Waals surface area contributed by atoms with Crippen molar-refractivity contribution in [1.82, 2.24) is 4.98 Å². The second-order valence-corrected chi connectivity index (χ2v) is 5.69. The van der Waals surface area contributed by atoms with Crippen LogP contribution >= 0.6 is 0 Å². The molecule has 4 aromatic rings. The summed E-state index contributed by atoms with van der Waals surface area (Å²) in [5, 5.41) is 10.6. The van der Waals surface area contributed by atoms with E-state index >= 15 is 0 Å². The van der Waals surface area contributed by atoms with E-state index in [4.69, 9.17) is 5.73 Å². The van der Waals surface area contributed by atoms with Gasteiger partial charge in [0.1, 0.15) is 11.4 Å². The number of fused-ring (bicyclic) bond motifs is 1. The van der Waals surface area contributed by atoms with Crippen molar-refractivity contribution in [3.8, 4) is 11.3 Å². The van der Waals surface area contributed by atoms with Crippen LogP contribution in [0.15, 0.2) is 95.3 Å². The zero-order valence-corrected chi connectivity index (χ0v) is 13.5. The molecule has 2 N–H and O–H groups in total. The van der Waals surface area contributed by atoms with Crippen LogP contribution in [0, 0.1) is 0 Å². The summed E-state index contributed by atoms with van der Waals surface area (Å²) in [6.45, 7) is 0. The van der Waals surface area contributed by atoms with Crippen molar-refractivity contribution in [1.29, 1.82) is 0 Å². The Balaban J connectivity index is 1.61. The fourth-order valence-electron chi connectivity index (χ4n) is 2.71. The van der Waals surface area contributed by atoms with Gasteiger partial charge in [-0.2, -0.15) is 0 Å². The van der Waals surface area contributed by atoms with E-state index in [-0.39, 0.29) is 0 Å². The van der Waals surface area contributed by atoms with Crippen molar-refractivity contribution < 1.29 is 0 Å².